The van der Waals surface area contributed by atoms with Crippen molar-refractivity contribution in [3.8, 4) is 12.3 Å². The van der Waals surface area contributed by atoms with Crippen LogP contribution in [0.3, 0.4) is 0 Å². The molecule has 0 aliphatic heterocycles. The molecule has 3 nitrogen and oxygen atoms in total. The van der Waals surface area contributed by atoms with E-state index in [1.807, 2.05) is 31.2 Å². The average molecular weight is 231 g/mol. The molecular formula is C12H13N3S. The van der Waals surface area contributed by atoms with Gasteiger partial charge in [-0.2, -0.15) is 5.10 Å². The highest BCUT2D eigenvalue weighted by Crippen LogP contribution is 2.01. The van der Waals surface area contributed by atoms with E-state index >= 15 is 0 Å². The Balaban J connectivity index is 2.54. The predicted molar refractivity (Wildman–Crippen MR) is 71.7 cm³/mol. The van der Waals surface area contributed by atoms with Crippen LogP contribution in [-0.4, -0.2) is 17.1 Å². The smallest absolute Gasteiger partial charge is 0.181 e. The van der Waals surface area contributed by atoms with Gasteiger partial charge in [0.25, 0.3) is 0 Å². The fraction of sp³-hybridized carbons (Fsp3) is 0.167. The third-order valence-corrected chi connectivity index (χ3v) is 2.43. The lowest BCUT2D eigenvalue weighted by Crippen LogP contribution is -2.05. The highest BCUT2D eigenvalue weighted by Gasteiger charge is 1.90. The van der Waals surface area contributed by atoms with Crippen LogP contribution in [0, 0.1) is 19.3 Å². The molecule has 0 unspecified atom stereocenters. The summed E-state index contributed by atoms with van der Waals surface area (Å²) in [6, 6.07) is 7.97. The zero-order valence-electron chi connectivity index (χ0n) is 9.05. The van der Waals surface area contributed by atoms with E-state index in [0.29, 0.717) is 10.9 Å². The van der Waals surface area contributed by atoms with E-state index in [0.717, 1.165) is 5.56 Å². The molecule has 1 aromatic carbocycles. The van der Waals surface area contributed by atoms with Gasteiger partial charge in [0.2, 0.25) is 0 Å². The molecule has 0 atom stereocenters. The van der Waals surface area contributed by atoms with Crippen molar-refractivity contribution in [2.24, 2.45) is 15.9 Å². The Morgan fingerprint density at radius 3 is 2.81 bits per heavy atom. The highest BCUT2D eigenvalue weighted by molar-refractivity contribution is 8.13. The van der Waals surface area contributed by atoms with Crippen LogP contribution in [0.4, 0.5) is 0 Å². The first-order valence-corrected chi connectivity index (χ1v) is 5.70. The maximum atomic E-state index is 5.55. The van der Waals surface area contributed by atoms with E-state index in [2.05, 4.69) is 16.1 Å². The largest absolute Gasteiger partial charge is 0.377 e. The Morgan fingerprint density at radius 2 is 2.19 bits per heavy atom. The molecule has 1 rings (SSSR count). The summed E-state index contributed by atoms with van der Waals surface area (Å²) in [6.07, 6.45) is 6.75. The van der Waals surface area contributed by atoms with Crippen LogP contribution in [0.15, 0.2) is 34.5 Å². The van der Waals surface area contributed by atoms with Crippen LogP contribution in [-0.2, 0) is 0 Å². The second kappa shape index (κ2) is 6.70. The third-order valence-electron chi connectivity index (χ3n) is 1.74. The molecular weight excluding hydrogens is 218 g/mol. The second-order valence-corrected chi connectivity index (χ2v) is 4.08. The summed E-state index contributed by atoms with van der Waals surface area (Å²) >= 11 is 1.29. The lowest BCUT2D eigenvalue weighted by molar-refractivity contribution is 1.25. The molecule has 0 amide bonds. The first kappa shape index (κ1) is 12.3. The molecule has 1 aromatic rings. The van der Waals surface area contributed by atoms with Gasteiger partial charge in [-0.15, -0.1) is 11.5 Å². The Labute approximate surface area is 99.8 Å². The van der Waals surface area contributed by atoms with Crippen LogP contribution in [0.1, 0.15) is 11.1 Å². The minimum atomic E-state index is 0.376. The van der Waals surface area contributed by atoms with Gasteiger partial charge >= 0.3 is 0 Å². The van der Waals surface area contributed by atoms with Gasteiger partial charge in [0, 0.05) is 0 Å². The Bertz CT molecular complexity index is 427. The topological polar surface area (TPSA) is 50.7 Å². The monoisotopic (exact) mass is 231 g/mol. The molecule has 0 aromatic heterocycles. The number of hydrogen-bond donors (Lipinski definition) is 1. The summed E-state index contributed by atoms with van der Waals surface area (Å²) in [5, 5.41) is 8.06. The van der Waals surface area contributed by atoms with Gasteiger partial charge in [-0.1, -0.05) is 47.5 Å². The molecule has 0 aliphatic rings. The number of amidine groups is 1. The SMILES string of the molecule is C#CCS/C(N)=N\N=C\c1ccc(C)cc1. The summed E-state index contributed by atoms with van der Waals surface area (Å²) in [7, 11) is 0. The first-order valence-electron chi connectivity index (χ1n) is 4.72. The van der Waals surface area contributed by atoms with Crippen LogP contribution >= 0.6 is 11.8 Å². The first-order chi connectivity index (χ1) is 7.72. The number of terminal acetylenes is 1. The number of thioether (sulfide) groups is 1. The molecule has 82 valence electrons. The summed E-state index contributed by atoms with van der Waals surface area (Å²) in [5.74, 6) is 2.97. The van der Waals surface area contributed by atoms with Crippen LogP contribution in [0.2, 0.25) is 0 Å². The van der Waals surface area contributed by atoms with E-state index in [1.54, 1.807) is 6.21 Å². The number of hydrogen-bond acceptors (Lipinski definition) is 3. The van der Waals surface area contributed by atoms with Gasteiger partial charge in [-0.25, -0.2) is 0 Å². The Hall–Kier alpha value is -1.73. The number of nitrogens with two attached hydrogens (primary N) is 1. The van der Waals surface area contributed by atoms with Crippen LogP contribution < -0.4 is 5.73 Å². The summed E-state index contributed by atoms with van der Waals surface area (Å²) < 4.78 is 0. The predicted octanol–water partition coefficient (Wildman–Crippen LogP) is 2.01. The fourth-order valence-corrected chi connectivity index (χ4v) is 1.29. The lowest BCUT2D eigenvalue weighted by Gasteiger charge is -1.93. The molecule has 0 aliphatic carbocycles. The van der Waals surface area contributed by atoms with E-state index in [4.69, 9.17) is 12.2 Å². The molecule has 2 N–H and O–H groups in total. The second-order valence-electron chi connectivity index (χ2n) is 3.09. The zero-order valence-corrected chi connectivity index (χ0v) is 9.87. The van der Waals surface area contributed by atoms with E-state index in [1.165, 1.54) is 17.3 Å². The van der Waals surface area contributed by atoms with Gasteiger partial charge in [0.15, 0.2) is 5.17 Å². The minimum Gasteiger partial charge on any atom is -0.377 e. The van der Waals surface area contributed by atoms with Gasteiger partial charge < -0.3 is 5.73 Å². The minimum absolute atomic E-state index is 0.376. The van der Waals surface area contributed by atoms with Crippen molar-refractivity contribution < 1.29 is 0 Å². The van der Waals surface area contributed by atoms with Gasteiger partial charge in [0.1, 0.15) is 0 Å². The van der Waals surface area contributed by atoms with Crippen molar-refractivity contribution in [3.63, 3.8) is 0 Å². The van der Waals surface area contributed by atoms with Gasteiger partial charge in [-0.05, 0) is 12.5 Å². The summed E-state index contributed by atoms with van der Waals surface area (Å²) in [6.45, 7) is 2.04. The maximum Gasteiger partial charge on any atom is 0.181 e. The van der Waals surface area contributed by atoms with Crippen molar-refractivity contribution in [2.75, 3.05) is 5.75 Å². The van der Waals surface area contributed by atoms with Crippen molar-refractivity contribution in [1.82, 2.24) is 0 Å². The van der Waals surface area contributed by atoms with E-state index in [9.17, 15) is 0 Å². The Morgan fingerprint density at radius 1 is 1.50 bits per heavy atom. The molecule has 0 spiro atoms. The number of benzene rings is 1. The summed E-state index contributed by atoms with van der Waals surface area (Å²) in [5.41, 5.74) is 7.75. The zero-order chi connectivity index (χ0) is 11.8. The number of rotatable bonds is 3. The van der Waals surface area contributed by atoms with Crippen molar-refractivity contribution in [2.45, 2.75) is 6.92 Å². The quantitative estimate of drug-likeness (QED) is 0.374. The molecule has 0 radical (unpaired) electrons. The molecule has 0 saturated heterocycles. The highest BCUT2D eigenvalue weighted by atomic mass is 32.2. The standard InChI is InChI=1S/C12H13N3S/c1-3-8-16-12(13)15-14-9-11-6-4-10(2)5-7-11/h1,4-7,9H,8H2,2H3,(H2,13,15)/b14-9+. The maximum absolute atomic E-state index is 5.55. The molecule has 4 heteroatoms. The Kier molecular flexibility index (Phi) is 5.17. The van der Waals surface area contributed by atoms with E-state index in [-0.39, 0.29) is 0 Å². The van der Waals surface area contributed by atoms with Gasteiger partial charge in [0.05, 0.1) is 12.0 Å². The number of nitrogens with zero attached hydrogens (tertiary/aromatic N) is 2. The molecule has 0 bridgehead atoms. The fourth-order valence-electron chi connectivity index (χ4n) is 0.949. The normalized spacial score (nSPS) is 11.6. The molecule has 16 heavy (non-hydrogen) atoms. The number of aryl methyl sites for hydroxylation is 1. The molecule has 0 fully saturated rings. The average Bonchev–Trinajstić information content (AvgIpc) is 2.29. The van der Waals surface area contributed by atoms with Gasteiger partial charge in [-0.3, -0.25) is 0 Å². The third kappa shape index (κ3) is 4.67. The molecule has 0 heterocycles. The van der Waals surface area contributed by atoms with Crippen LogP contribution in [0.25, 0.3) is 0 Å². The van der Waals surface area contributed by atoms with Crippen molar-refractivity contribution >= 4 is 23.1 Å². The van der Waals surface area contributed by atoms with Crippen LogP contribution in [0.5, 0.6) is 0 Å². The van der Waals surface area contributed by atoms with E-state index < -0.39 is 0 Å². The lowest BCUT2D eigenvalue weighted by atomic mass is 10.2. The van der Waals surface area contributed by atoms with Crippen molar-refractivity contribution in [3.05, 3.63) is 35.4 Å². The summed E-state index contributed by atoms with van der Waals surface area (Å²) in [4.78, 5) is 0. The van der Waals surface area contributed by atoms with Crippen molar-refractivity contribution in [1.29, 1.82) is 0 Å². The molecule has 0 saturated carbocycles.